The molecule has 2 aromatic carbocycles. The summed E-state index contributed by atoms with van der Waals surface area (Å²) in [5.74, 6) is 0. The summed E-state index contributed by atoms with van der Waals surface area (Å²) in [5.41, 5.74) is 4.15. The second kappa shape index (κ2) is 4.38. The van der Waals surface area contributed by atoms with Crippen molar-refractivity contribution in [3.63, 3.8) is 0 Å². The first-order valence-electron chi connectivity index (χ1n) is 6.54. The van der Waals surface area contributed by atoms with Gasteiger partial charge in [-0.1, -0.05) is 42.5 Å². The lowest BCUT2D eigenvalue weighted by Gasteiger charge is -2.01. The van der Waals surface area contributed by atoms with Gasteiger partial charge in [-0.15, -0.1) is 0 Å². The first-order chi connectivity index (χ1) is 9.93. The zero-order valence-corrected chi connectivity index (χ0v) is 10.8. The molecule has 2 aromatic heterocycles. The van der Waals surface area contributed by atoms with E-state index in [9.17, 15) is 0 Å². The van der Waals surface area contributed by atoms with Crippen molar-refractivity contribution >= 4 is 16.4 Å². The van der Waals surface area contributed by atoms with Gasteiger partial charge in [0.25, 0.3) is 5.52 Å². The number of para-hydroxylation sites is 1. The summed E-state index contributed by atoms with van der Waals surface area (Å²) in [7, 11) is 0. The Bertz CT molecular complexity index is 901. The van der Waals surface area contributed by atoms with E-state index in [1.165, 1.54) is 5.39 Å². The van der Waals surface area contributed by atoms with E-state index in [2.05, 4.69) is 46.5 Å². The molecule has 3 nitrogen and oxygen atoms in total. The van der Waals surface area contributed by atoms with Gasteiger partial charge in [-0.3, -0.25) is 0 Å². The van der Waals surface area contributed by atoms with E-state index < -0.39 is 0 Å². The molecule has 0 saturated heterocycles. The van der Waals surface area contributed by atoms with E-state index in [1.807, 2.05) is 34.8 Å². The molecule has 2 heterocycles. The fourth-order valence-corrected chi connectivity index (χ4v) is 2.51. The van der Waals surface area contributed by atoms with Crippen molar-refractivity contribution in [1.29, 1.82) is 0 Å². The van der Waals surface area contributed by atoms with Gasteiger partial charge in [0.2, 0.25) is 5.52 Å². The highest BCUT2D eigenvalue weighted by Crippen LogP contribution is 2.20. The second-order valence-corrected chi connectivity index (χ2v) is 4.66. The molecule has 0 aliphatic rings. The molecular formula is C17H12N3+. The molecule has 3 heteroatoms. The summed E-state index contributed by atoms with van der Waals surface area (Å²) in [6.45, 7) is 0. The number of nitrogens with zero attached hydrogens (tertiary/aromatic N) is 3. The minimum absolute atomic E-state index is 0.950. The fourth-order valence-electron chi connectivity index (χ4n) is 2.51. The Balaban J connectivity index is 2.12. The molecule has 0 amide bonds. The van der Waals surface area contributed by atoms with Gasteiger partial charge >= 0.3 is 0 Å². The highest BCUT2D eigenvalue weighted by Gasteiger charge is 2.16. The van der Waals surface area contributed by atoms with Crippen molar-refractivity contribution in [2.75, 3.05) is 0 Å². The van der Waals surface area contributed by atoms with Crippen LogP contribution in [0.15, 0.2) is 73.1 Å². The van der Waals surface area contributed by atoms with Crippen LogP contribution in [-0.4, -0.2) is 10.1 Å². The van der Waals surface area contributed by atoms with Crippen molar-refractivity contribution in [3.05, 3.63) is 73.1 Å². The Hall–Kier alpha value is -2.81. The van der Waals surface area contributed by atoms with Crippen molar-refractivity contribution in [2.24, 2.45) is 0 Å². The summed E-state index contributed by atoms with van der Waals surface area (Å²) in [5, 5.41) is 5.57. The van der Waals surface area contributed by atoms with Crippen LogP contribution >= 0.6 is 0 Å². The van der Waals surface area contributed by atoms with Crippen LogP contribution < -0.4 is 4.52 Å². The Morgan fingerprint density at radius 1 is 0.700 bits per heavy atom. The molecule has 4 rings (SSSR count). The standard InChI is InChI=1S/C17H12N3/c1-2-7-14(8-3-1)17-16-11-10-13-6-4-5-9-15(13)20(16)19-12-18-17/h1-12H/q+1. The van der Waals surface area contributed by atoms with Crippen LogP contribution in [0.4, 0.5) is 0 Å². The van der Waals surface area contributed by atoms with E-state index in [0.717, 1.165) is 22.3 Å². The summed E-state index contributed by atoms with van der Waals surface area (Å²) in [6, 6.07) is 22.6. The number of aromatic nitrogens is 3. The number of hydrogen-bond donors (Lipinski definition) is 0. The smallest absolute Gasteiger partial charge is 0.223 e. The summed E-state index contributed by atoms with van der Waals surface area (Å²) >= 11 is 0. The molecule has 94 valence electrons. The maximum absolute atomic E-state index is 4.45. The molecule has 0 fully saturated rings. The van der Waals surface area contributed by atoms with Crippen molar-refractivity contribution in [3.8, 4) is 11.3 Å². The van der Waals surface area contributed by atoms with Gasteiger partial charge in [0.15, 0.2) is 6.33 Å². The van der Waals surface area contributed by atoms with Gasteiger partial charge in [0.1, 0.15) is 5.69 Å². The average Bonchev–Trinajstić information content (AvgIpc) is 2.55. The monoisotopic (exact) mass is 258 g/mol. The number of pyridine rings is 1. The maximum Gasteiger partial charge on any atom is 0.264 e. The van der Waals surface area contributed by atoms with Gasteiger partial charge in [-0.25, -0.2) is 4.98 Å². The molecule has 0 aliphatic carbocycles. The molecule has 0 aliphatic heterocycles. The first-order valence-corrected chi connectivity index (χ1v) is 6.54. The van der Waals surface area contributed by atoms with Gasteiger partial charge in [-0.2, -0.15) is 0 Å². The third-order valence-corrected chi connectivity index (χ3v) is 3.46. The molecule has 0 unspecified atom stereocenters. The summed E-state index contributed by atoms with van der Waals surface area (Å²) in [4.78, 5) is 4.45. The normalized spacial score (nSPS) is 11.0. The van der Waals surface area contributed by atoms with Crippen LogP contribution in [0, 0.1) is 0 Å². The molecule has 0 N–H and O–H groups in total. The maximum atomic E-state index is 4.45. The summed E-state index contributed by atoms with van der Waals surface area (Å²) in [6.07, 6.45) is 1.61. The first kappa shape index (κ1) is 11.1. The van der Waals surface area contributed by atoms with E-state index in [1.54, 1.807) is 6.33 Å². The molecule has 0 bridgehead atoms. The number of fused-ring (bicyclic) bond motifs is 3. The lowest BCUT2D eigenvalue weighted by molar-refractivity contribution is -0.553. The Morgan fingerprint density at radius 3 is 2.40 bits per heavy atom. The number of hydrogen-bond acceptors (Lipinski definition) is 2. The quantitative estimate of drug-likeness (QED) is 0.388. The molecule has 0 atom stereocenters. The SMILES string of the molecule is c1ccc(-c2ncn[n+]3c2ccc2ccccc23)cc1. The van der Waals surface area contributed by atoms with Crippen LogP contribution in [0.3, 0.4) is 0 Å². The minimum atomic E-state index is 0.950. The largest absolute Gasteiger partial charge is 0.264 e. The van der Waals surface area contributed by atoms with Gasteiger partial charge in [0, 0.05) is 28.2 Å². The molecule has 4 aromatic rings. The lowest BCUT2D eigenvalue weighted by atomic mass is 10.1. The average molecular weight is 258 g/mol. The van der Waals surface area contributed by atoms with Crippen molar-refractivity contribution in [1.82, 2.24) is 10.1 Å². The zero-order chi connectivity index (χ0) is 13.4. The predicted molar refractivity (Wildman–Crippen MR) is 78.1 cm³/mol. The van der Waals surface area contributed by atoms with Crippen LogP contribution in [0.25, 0.3) is 27.7 Å². The highest BCUT2D eigenvalue weighted by molar-refractivity contribution is 5.81. The van der Waals surface area contributed by atoms with Gasteiger partial charge in [0.05, 0.1) is 0 Å². The van der Waals surface area contributed by atoms with Gasteiger partial charge in [-0.05, 0) is 16.6 Å². The number of rotatable bonds is 1. The third kappa shape index (κ3) is 1.64. The Kier molecular flexibility index (Phi) is 2.42. The Morgan fingerprint density at radius 2 is 1.50 bits per heavy atom. The molecular weight excluding hydrogens is 246 g/mol. The van der Waals surface area contributed by atoms with E-state index in [-0.39, 0.29) is 0 Å². The molecule has 0 spiro atoms. The molecule has 0 radical (unpaired) electrons. The number of benzene rings is 2. The van der Waals surface area contributed by atoms with Crippen LogP contribution in [0.2, 0.25) is 0 Å². The summed E-state index contributed by atoms with van der Waals surface area (Å²) < 4.78 is 1.95. The topological polar surface area (TPSA) is 29.9 Å². The molecule has 20 heavy (non-hydrogen) atoms. The predicted octanol–water partition coefficient (Wildman–Crippen LogP) is 3.04. The van der Waals surface area contributed by atoms with Crippen molar-refractivity contribution < 1.29 is 4.52 Å². The van der Waals surface area contributed by atoms with Crippen molar-refractivity contribution in [2.45, 2.75) is 0 Å². The minimum Gasteiger partial charge on any atom is -0.223 e. The fraction of sp³-hybridized carbons (Fsp3) is 0. The Labute approximate surface area is 116 Å². The van der Waals surface area contributed by atoms with E-state index >= 15 is 0 Å². The third-order valence-electron chi connectivity index (χ3n) is 3.46. The van der Waals surface area contributed by atoms with E-state index in [0.29, 0.717) is 0 Å². The molecule has 0 saturated carbocycles. The van der Waals surface area contributed by atoms with Crippen LogP contribution in [0.5, 0.6) is 0 Å². The van der Waals surface area contributed by atoms with Crippen LogP contribution in [-0.2, 0) is 0 Å². The zero-order valence-electron chi connectivity index (χ0n) is 10.8. The second-order valence-electron chi connectivity index (χ2n) is 4.66. The highest BCUT2D eigenvalue weighted by atomic mass is 15.2. The van der Waals surface area contributed by atoms with Crippen LogP contribution in [0.1, 0.15) is 0 Å². The van der Waals surface area contributed by atoms with Gasteiger partial charge < -0.3 is 0 Å². The van der Waals surface area contributed by atoms with E-state index in [4.69, 9.17) is 0 Å². The lowest BCUT2D eigenvalue weighted by Crippen LogP contribution is -2.28.